The minimum absolute atomic E-state index is 0.143. The van der Waals surface area contributed by atoms with Gasteiger partial charge < -0.3 is 15.2 Å². The Morgan fingerprint density at radius 3 is 2.68 bits per heavy atom. The van der Waals surface area contributed by atoms with Gasteiger partial charge in [0.15, 0.2) is 0 Å². The van der Waals surface area contributed by atoms with E-state index < -0.39 is 0 Å². The summed E-state index contributed by atoms with van der Waals surface area (Å²) in [6.45, 7) is 8.30. The maximum atomic E-state index is 5.87. The average molecular weight is 265 g/mol. The summed E-state index contributed by atoms with van der Waals surface area (Å²) in [4.78, 5) is 0. The Morgan fingerprint density at radius 1 is 1.21 bits per heavy atom. The molecule has 108 valence electrons. The van der Waals surface area contributed by atoms with Gasteiger partial charge in [0, 0.05) is 12.6 Å². The van der Waals surface area contributed by atoms with Gasteiger partial charge in [-0.3, -0.25) is 0 Å². The fraction of sp³-hybridized carbons (Fsp3) is 0.625. The maximum absolute atomic E-state index is 5.87. The molecule has 0 aliphatic rings. The lowest BCUT2D eigenvalue weighted by atomic mass is 10.0. The number of para-hydroxylation sites is 1. The normalized spacial score (nSPS) is 12.4. The van der Waals surface area contributed by atoms with Crippen LogP contribution in [0.5, 0.6) is 5.75 Å². The summed E-state index contributed by atoms with van der Waals surface area (Å²) >= 11 is 0. The second-order valence-corrected chi connectivity index (χ2v) is 5.06. The Balaban J connectivity index is 2.47. The molecule has 0 saturated carbocycles. The molecule has 1 aromatic rings. The first kappa shape index (κ1) is 16.0. The SMILES string of the molecule is CCCCOCCOc1c(C)cccc1CC(C)N. The molecule has 0 bridgehead atoms. The summed E-state index contributed by atoms with van der Waals surface area (Å²) < 4.78 is 11.4. The van der Waals surface area contributed by atoms with Crippen LogP contribution in [0.2, 0.25) is 0 Å². The fourth-order valence-electron chi connectivity index (χ4n) is 1.98. The van der Waals surface area contributed by atoms with Gasteiger partial charge in [-0.05, 0) is 37.8 Å². The molecular formula is C16H27NO2. The van der Waals surface area contributed by atoms with E-state index in [1.54, 1.807) is 0 Å². The molecule has 0 aromatic heterocycles. The van der Waals surface area contributed by atoms with Crippen LogP contribution in [0, 0.1) is 6.92 Å². The predicted molar refractivity (Wildman–Crippen MR) is 79.8 cm³/mol. The zero-order valence-electron chi connectivity index (χ0n) is 12.4. The molecule has 1 rings (SSSR count). The van der Waals surface area contributed by atoms with E-state index in [0.717, 1.165) is 37.2 Å². The number of hydrogen-bond acceptors (Lipinski definition) is 3. The topological polar surface area (TPSA) is 44.5 Å². The molecule has 0 fully saturated rings. The minimum atomic E-state index is 0.143. The summed E-state index contributed by atoms with van der Waals surface area (Å²) in [5.41, 5.74) is 8.22. The zero-order valence-corrected chi connectivity index (χ0v) is 12.4. The first-order valence-electron chi connectivity index (χ1n) is 7.19. The van der Waals surface area contributed by atoms with Crippen LogP contribution in [-0.2, 0) is 11.2 Å². The van der Waals surface area contributed by atoms with Crippen LogP contribution in [0.1, 0.15) is 37.8 Å². The smallest absolute Gasteiger partial charge is 0.125 e. The Labute approximate surface area is 117 Å². The molecular weight excluding hydrogens is 238 g/mol. The van der Waals surface area contributed by atoms with Crippen molar-refractivity contribution < 1.29 is 9.47 Å². The lowest BCUT2D eigenvalue weighted by molar-refractivity contribution is 0.0975. The largest absolute Gasteiger partial charge is 0.491 e. The van der Waals surface area contributed by atoms with Crippen molar-refractivity contribution >= 4 is 0 Å². The molecule has 3 heteroatoms. The molecule has 3 nitrogen and oxygen atoms in total. The molecule has 0 amide bonds. The molecule has 2 N–H and O–H groups in total. The van der Waals surface area contributed by atoms with E-state index in [2.05, 4.69) is 32.0 Å². The Kier molecular flexibility index (Phi) is 7.53. The molecule has 19 heavy (non-hydrogen) atoms. The lowest BCUT2D eigenvalue weighted by Gasteiger charge is -2.15. The van der Waals surface area contributed by atoms with Crippen molar-refractivity contribution in [3.8, 4) is 5.75 Å². The minimum Gasteiger partial charge on any atom is -0.491 e. The zero-order chi connectivity index (χ0) is 14.1. The van der Waals surface area contributed by atoms with Gasteiger partial charge in [-0.15, -0.1) is 0 Å². The third-order valence-corrected chi connectivity index (χ3v) is 2.95. The van der Waals surface area contributed by atoms with Crippen LogP contribution in [0.25, 0.3) is 0 Å². The van der Waals surface area contributed by atoms with Crippen LogP contribution < -0.4 is 10.5 Å². The second-order valence-electron chi connectivity index (χ2n) is 5.06. The highest BCUT2D eigenvalue weighted by Gasteiger charge is 2.08. The Hall–Kier alpha value is -1.06. The molecule has 0 saturated heterocycles. The van der Waals surface area contributed by atoms with Crippen molar-refractivity contribution in [3.63, 3.8) is 0 Å². The first-order valence-corrected chi connectivity index (χ1v) is 7.19. The number of benzene rings is 1. The molecule has 0 heterocycles. The third kappa shape index (κ3) is 6.08. The van der Waals surface area contributed by atoms with Gasteiger partial charge in [-0.1, -0.05) is 31.5 Å². The first-order chi connectivity index (χ1) is 9.15. The molecule has 0 radical (unpaired) electrons. The summed E-state index contributed by atoms with van der Waals surface area (Å²) in [5, 5.41) is 0. The summed E-state index contributed by atoms with van der Waals surface area (Å²) in [6.07, 6.45) is 3.12. The molecule has 0 spiro atoms. The number of aryl methyl sites for hydroxylation is 1. The molecule has 0 aliphatic carbocycles. The van der Waals surface area contributed by atoms with Crippen LogP contribution in [-0.4, -0.2) is 25.9 Å². The summed E-state index contributed by atoms with van der Waals surface area (Å²) in [7, 11) is 0. The predicted octanol–water partition coefficient (Wildman–Crippen LogP) is 3.08. The van der Waals surface area contributed by atoms with Crippen LogP contribution in [0.3, 0.4) is 0 Å². The van der Waals surface area contributed by atoms with Crippen molar-refractivity contribution in [2.24, 2.45) is 5.73 Å². The van der Waals surface area contributed by atoms with E-state index >= 15 is 0 Å². The van der Waals surface area contributed by atoms with E-state index in [9.17, 15) is 0 Å². The van der Waals surface area contributed by atoms with E-state index in [0.29, 0.717) is 13.2 Å². The molecule has 1 atom stereocenters. The Bertz CT molecular complexity index is 364. The summed E-state index contributed by atoms with van der Waals surface area (Å²) in [6, 6.07) is 6.35. The Morgan fingerprint density at radius 2 is 2.00 bits per heavy atom. The van der Waals surface area contributed by atoms with Crippen molar-refractivity contribution in [3.05, 3.63) is 29.3 Å². The molecule has 0 aliphatic heterocycles. The number of rotatable bonds is 9. The highest BCUT2D eigenvalue weighted by atomic mass is 16.5. The van der Waals surface area contributed by atoms with E-state index in [1.807, 2.05) is 6.92 Å². The number of unbranched alkanes of at least 4 members (excludes halogenated alkanes) is 1. The van der Waals surface area contributed by atoms with Crippen molar-refractivity contribution in [1.82, 2.24) is 0 Å². The van der Waals surface area contributed by atoms with Gasteiger partial charge in [-0.2, -0.15) is 0 Å². The summed E-state index contributed by atoms with van der Waals surface area (Å²) in [5.74, 6) is 0.971. The monoisotopic (exact) mass is 265 g/mol. The lowest BCUT2D eigenvalue weighted by Crippen LogP contribution is -2.19. The quantitative estimate of drug-likeness (QED) is 0.698. The van der Waals surface area contributed by atoms with Gasteiger partial charge in [0.25, 0.3) is 0 Å². The highest BCUT2D eigenvalue weighted by Crippen LogP contribution is 2.24. The number of ether oxygens (including phenoxy) is 2. The second kappa shape index (κ2) is 8.94. The van der Waals surface area contributed by atoms with Crippen molar-refractivity contribution in [1.29, 1.82) is 0 Å². The van der Waals surface area contributed by atoms with Gasteiger partial charge in [0.2, 0.25) is 0 Å². The van der Waals surface area contributed by atoms with E-state index in [4.69, 9.17) is 15.2 Å². The highest BCUT2D eigenvalue weighted by molar-refractivity contribution is 5.41. The average Bonchev–Trinajstić information content (AvgIpc) is 2.35. The molecule has 1 unspecified atom stereocenters. The fourth-order valence-corrected chi connectivity index (χ4v) is 1.98. The third-order valence-electron chi connectivity index (χ3n) is 2.95. The van der Waals surface area contributed by atoms with Gasteiger partial charge >= 0.3 is 0 Å². The van der Waals surface area contributed by atoms with Gasteiger partial charge in [-0.25, -0.2) is 0 Å². The van der Waals surface area contributed by atoms with Gasteiger partial charge in [0.05, 0.1) is 6.61 Å². The number of hydrogen-bond donors (Lipinski definition) is 1. The number of nitrogens with two attached hydrogens (primary N) is 1. The van der Waals surface area contributed by atoms with Crippen molar-refractivity contribution in [2.75, 3.05) is 19.8 Å². The van der Waals surface area contributed by atoms with Crippen LogP contribution in [0.4, 0.5) is 0 Å². The van der Waals surface area contributed by atoms with Crippen LogP contribution >= 0.6 is 0 Å². The maximum Gasteiger partial charge on any atom is 0.125 e. The van der Waals surface area contributed by atoms with Gasteiger partial charge in [0.1, 0.15) is 12.4 Å². The van der Waals surface area contributed by atoms with E-state index in [-0.39, 0.29) is 6.04 Å². The van der Waals surface area contributed by atoms with E-state index in [1.165, 1.54) is 5.56 Å². The molecule has 1 aromatic carbocycles. The standard InChI is InChI=1S/C16H27NO2/c1-4-5-9-18-10-11-19-16-13(2)7-6-8-15(16)12-14(3)17/h6-8,14H,4-5,9-12,17H2,1-3H3. The van der Waals surface area contributed by atoms with Crippen molar-refractivity contribution in [2.45, 2.75) is 46.1 Å². The van der Waals surface area contributed by atoms with Crippen LogP contribution in [0.15, 0.2) is 18.2 Å².